The number of hydrogen-bond acceptors (Lipinski definition) is 0. The highest BCUT2D eigenvalue weighted by Crippen LogP contribution is 2.42. The molecule has 0 aliphatic carbocycles. The molecule has 0 spiro atoms. The number of para-hydroxylation sites is 2. The van der Waals surface area contributed by atoms with E-state index in [9.17, 15) is 0 Å². The van der Waals surface area contributed by atoms with Gasteiger partial charge in [0.1, 0.15) is 0 Å². The van der Waals surface area contributed by atoms with Gasteiger partial charge in [-0.2, -0.15) is 0 Å². The van der Waals surface area contributed by atoms with Crippen LogP contribution in [0.25, 0.3) is 43.6 Å². The first kappa shape index (κ1) is 17.3. The van der Waals surface area contributed by atoms with Crippen molar-refractivity contribution < 1.29 is 0 Å². The van der Waals surface area contributed by atoms with Crippen molar-refractivity contribution in [2.24, 2.45) is 7.05 Å². The van der Waals surface area contributed by atoms with Crippen molar-refractivity contribution in [3.8, 4) is 0 Å². The fourth-order valence-electron chi connectivity index (χ4n) is 5.45. The van der Waals surface area contributed by atoms with Gasteiger partial charge in [-0.25, -0.2) is 0 Å². The molecule has 30 heavy (non-hydrogen) atoms. The largest absolute Gasteiger partial charge is 0.343 e. The number of aromatic nitrogens is 2. The third kappa shape index (κ3) is 2.19. The molecule has 6 rings (SSSR count). The molecular weight excluding hydrogens is 364 g/mol. The van der Waals surface area contributed by atoms with Crippen LogP contribution in [0, 0.1) is 13.8 Å². The molecule has 0 amide bonds. The lowest BCUT2D eigenvalue weighted by atomic mass is 9.98. The summed E-state index contributed by atoms with van der Waals surface area (Å²) in [6.07, 6.45) is 0. The highest BCUT2D eigenvalue weighted by atomic mass is 15.0. The first-order valence-electron chi connectivity index (χ1n) is 10.6. The Labute approximate surface area is 176 Å². The molecule has 4 aromatic carbocycles. The number of benzene rings is 4. The topological polar surface area (TPSA) is 9.86 Å². The van der Waals surface area contributed by atoms with Gasteiger partial charge in [0.2, 0.25) is 0 Å². The SMILES string of the molecule is Cc1c2c3ccccc3n(C)c2c(C)c2c1c1ccccc1n2Cc1ccccc1. The van der Waals surface area contributed by atoms with Gasteiger partial charge < -0.3 is 9.13 Å². The van der Waals surface area contributed by atoms with E-state index in [1.54, 1.807) is 0 Å². The molecule has 0 N–H and O–H groups in total. The lowest BCUT2D eigenvalue weighted by molar-refractivity contribution is 0.865. The summed E-state index contributed by atoms with van der Waals surface area (Å²) in [4.78, 5) is 0. The zero-order valence-corrected chi connectivity index (χ0v) is 17.6. The lowest BCUT2D eigenvalue weighted by Gasteiger charge is -2.13. The third-order valence-electron chi connectivity index (χ3n) is 6.72. The maximum atomic E-state index is 2.51. The summed E-state index contributed by atoms with van der Waals surface area (Å²) in [6, 6.07) is 28.4. The van der Waals surface area contributed by atoms with E-state index in [1.807, 2.05) is 0 Å². The van der Waals surface area contributed by atoms with Crippen LogP contribution in [-0.4, -0.2) is 9.13 Å². The van der Waals surface area contributed by atoms with Gasteiger partial charge in [0.05, 0.1) is 11.0 Å². The predicted octanol–water partition coefficient (Wildman–Crippen LogP) is 7.10. The number of fused-ring (bicyclic) bond motifs is 6. The molecule has 0 saturated carbocycles. The second-order valence-corrected chi connectivity index (χ2v) is 8.36. The van der Waals surface area contributed by atoms with Gasteiger partial charge in [-0.1, -0.05) is 66.7 Å². The van der Waals surface area contributed by atoms with Crippen LogP contribution in [0.1, 0.15) is 16.7 Å². The minimum absolute atomic E-state index is 0.876. The Morgan fingerprint density at radius 3 is 1.90 bits per heavy atom. The van der Waals surface area contributed by atoms with Crippen LogP contribution in [0.2, 0.25) is 0 Å². The summed E-state index contributed by atoms with van der Waals surface area (Å²) in [7, 11) is 2.20. The first-order chi connectivity index (χ1) is 14.7. The Morgan fingerprint density at radius 2 is 1.17 bits per heavy atom. The van der Waals surface area contributed by atoms with Crippen molar-refractivity contribution in [3.05, 3.63) is 95.6 Å². The summed E-state index contributed by atoms with van der Waals surface area (Å²) in [5.41, 5.74) is 9.37. The van der Waals surface area contributed by atoms with Crippen LogP contribution < -0.4 is 0 Å². The minimum Gasteiger partial charge on any atom is -0.343 e. The van der Waals surface area contributed by atoms with Gasteiger partial charge in [0.15, 0.2) is 0 Å². The minimum atomic E-state index is 0.876. The Hall–Kier alpha value is -3.52. The lowest BCUT2D eigenvalue weighted by Crippen LogP contribution is -2.01. The van der Waals surface area contributed by atoms with Crippen molar-refractivity contribution in [2.75, 3.05) is 0 Å². The first-order valence-corrected chi connectivity index (χ1v) is 10.6. The maximum Gasteiger partial charge on any atom is 0.0548 e. The molecule has 0 unspecified atom stereocenters. The molecule has 0 saturated heterocycles. The van der Waals surface area contributed by atoms with Crippen molar-refractivity contribution >= 4 is 43.6 Å². The highest BCUT2D eigenvalue weighted by Gasteiger charge is 2.21. The van der Waals surface area contributed by atoms with Crippen molar-refractivity contribution in [3.63, 3.8) is 0 Å². The number of aryl methyl sites for hydroxylation is 3. The van der Waals surface area contributed by atoms with Gasteiger partial charge in [-0.15, -0.1) is 0 Å². The molecular formula is C28H24N2. The van der Waals surface area contributed by atoms with Crippen LogP contribution in [-0.2, 0) is 13.6 Å². The van der Waals surface area contributed by atoms with E-state index in [0.29, 0.717) is 0 Å². The Morgan fingerprint density at radius 1 is 0.600 bits per heavy atom. The van der Waals surface area contributed by atoms with E-state index in [2.05, 4.69) is 109 Å². The van der Waals surface area contributed by atoms with E-state index in [4.69, 9.17) is 0 Å². The molecule has 0 fully saturated rings. The van der Waals surface area contributed by atoms with Crippen molar-refractivity contribution in [1.82, 2.24) is 9.13 Å². The molecule has 0 aliphatic heterocycles. The zero-order valence-electron chi connectivity index (χ0n) is 17.6. The Kier molecular flexibility index (Phi) is 3.61. The van der Waals surface area contributed by atoms with Crippen LogP contribution >= 0.6 is 0 Å². The molecule has 146 valence electrons. The van der Waals surface area contributed by atoms with Crippen molar-refractivity contribution in [1.29, 1.82) is 0 Å². The highest BCUT2D eigenvalue weighted by molar-refractivity contribution is 6.22. The maximum absolute atomic E-state index is 2.51. The van der Waals surface area contributed by atoms with Gasteiger partial charge in [-0.3, -0.25) is 0 Å². The molecule has 6 aromatic rings. The molecule has 2 heteroatoms. The summed E-state index contributed by atoms with van der Waals surface area (Å²) in [6.45, 7) is 5.47. The number of hydrogen-bond donors (Lipinski definition) is 0. The van der Waals surface area contributed by atoms with Gasteiger partial charge in [0, 0.05) is 46.2 Å². The molecule has 0 radical (unpaired) electrons. The molecule has 0 aliphatic rings. The van der Waals surface area contributed by atoms with E-state index in [-0.39, 0.29) is 0 Å². The Balaban J connectivity index is 1.84. The van der Waals surface area contributed by atoms with Gasteiger partial charge in [0.25, 0.3) is 0 Å². The van der Waals surface area contributed by atoms with Gasteiger partial charge >= 0.3 is 0 Å². The van der Waals surface area contributed by atoms with Crippen LogP contribution in [0.15, 0.2) is 78.9 Å². The average Bonchev–Trinajstić information content (AvgIpc) is 3.27. The number of rotatable bonds is 2. The van der Waals surface area contributed by atoms with E-state index < -0.39 is 0 Å². The smallest absolute Gasteiger partial charge is 0.0548 e. The summed E-state index contributed by atoms with van der Waals surface area (Å²) < 4.78 is 4.89. The predicted molar refractivity (Wildman–Crippen MR) is 128 cm³/mol. The fourth-order valence-corrected chi connectivity index (χ4v) is 5.45. The molecule has 0 atom stereocenters. The van der Waals surface area contributed by atoms with E-state index >= 15 is 0 Å². The summed E-state index contributed by atoms with van der Waals surface area (Å²) >= 11 is 0. The normalized spacial score (nSPS) is 12.0. The third-order valence-corrected chi connectivity index (χ3v) is 6.72. The standard InChI is InChI=1S/C28H24N2/c1-18-25-21-13-7-9-15-23(21)29(3)27(25)19(2)28-26(18)22-14-8-10-16-24(22)30(28)17-20-11-5-4-6-12-20/h4-16H,17H2,1-3H3. The van der Waals surface area contributed by atoms with E-state index in [1.165, 1.54) is 60.3 Å². The summed E-state index contributed by atoms with van der Waals surface area (Å²) in [5.74, 6) is 0. The Bertz CT molecular complexity index is 1580. The fraction of sp³-hybridized carbons (Fsp3) is 0.143. The second kappa shape index (κ2) is 6.24. The molecule has 2 aromatic heterocycles. The molecule has 2 heterocycles. The molecule has 2 nitrogen and oxygen atoms in total. The monoisotopic (exact) mass is 388 g/mol. The second-order valence-electron chi connectivity index (χ2n) is 8.36. The van der Waals surface area contributed by atoms with E-state index in [0.717, 1.165) is 6.54 Å². The van der Waals surface area contributed by atoms with Crippen LogP contribution in [0.5, 0.6) is 0 Å². The molecule has 0 bridgehead atoms. The average molecular weight is 389 g/mol. The van der Waals surface area contributed by atoms with Crippen LogP contribution in [0.4, 0.5) is 0 Å². The summed E-state index contributed by atoms with van der Waals surface area (Å²) in [5, 5.41) is 5.47. The van der Waals surface area contributed by atoms with Crippen LogP contribution in [0.3, 0.4) is 0 Å². The quantitative estimate of drug-likeness (QED) is 0.299. The van der Waals surface area contributed by atoms with Gasteiger partial charge in [-0.05, 0) is 42.7 Å². The number of nitrogens with zero attached hydrogens (tertiary/aromatic N) is 2. The van der Waals surface area contributed by atoms with Crippen molar-refractivity contribution in [2.45, 2.75) is 20.4 Å². The zero-order chi connectivity index (χ0) is 20.4.